The molecule has 2 N–H and O–H groups in total. The van der Waals surface area contributed by atoms with Gasteiger partial charge in [-0.05, 0) is 42.0 Å². The Balaban J connectivity index is 1.62. The van der Waals surface area contributed by atoms with Gasteiger partial charge in [0.2, 0.25) is 17.7 Å². The highest BCUT2D eigenvalue weighted by atomic mass is 19.1. The average molecular weight is 464 g/mol. The fourth-order valence-electron chi connectivity index (χ4n) is 3.12. The van der Waals surface area contributed by atoms with E-state index in [1.165, 1.54) is 24.4 Å². The highest BCUT2D eigenvalue weighted by Gasteiger charge is 2.22. The first-order valence-electron chi connectivity index (χ1n) is 10.6. The first kappa shape index (κ1) is 24.4. The van der Waals surface area contributed by atoms with Crippen molar-refractivity contribution >= 4 is 29.2 Å². The minimum atomic E-state index is -0.642. The number of para-hydroxylation sites is 1. The first-order chi connectivity index (χ1) is 16.5. The van der Waals surface area contributed by atoms with Gasteiger partial charge in [0.1, 0.15) is 23.9 Å². The molecule has 0 radical (unpaired) electrons. The number of nitrogens with zero attached hydrogens (tertiary/aromatic N) is 2. The molecule has 3 aromatic rings. The fourth-order valence-corrected chi connectivity index (χ4v) is 3.12. The molecule has 0 aliphatic rings. The van der Waals surface area contributed by atoms with E-state index in [0.717, 1.165) is 10.5 Å². The van der Waals surface area contributed by atoms with Crippen LogP contribution in [0.1, 0.15) is 18.4 Å². The van der Waals surface area contributed by atoms with E-state index in [1.807, 2.05) is 0 Å². The van der Waals surface area contributed by atoms with Crippen LogP contribution in [0.25, 0.3) is 0 Å². The van der Waals surface area contributed by atoms with Crippen LogP contribution in [0.4, 0.5) is 15.9 Å². The van der Waals surface area contributed by atoms with Crippen LogP contribution >= 0.6 is 0 Å². The molecule has 3 rings (SSSR count). The van der Waals surface area contributed by atoms with Gasteiger partial charge < -0.3 is 20.3 Å². The third-order valence-corrected chi connectivity index (χ3v) is 4.89. The highest BCUT2D eigenvalue weighted by molar-refractivity contribution is 6.01. The Morgan fingerprint density at radius 3 is 2.35 bits per heavy atom. The van der Waals surface area contributed by atoms with Crippen LogP contribution in [0.2, 0.25) is 0 Å². The van der Waals surface area contributed by atoms with Gasteiger partial charge in [-0.2, -0.15) is 0 Å². The molecule has 0 saturated carbocycles. The maximum absolute atomic E-state index is 14.4. The van der Waals surface area contributed by atoms with Crippen molar-refractivity contribution in [1.29, 1.82) is 0 Å². The number of amides is 3. The molecule has 3 amide bonds. The Labute approximate surface area is 196 Å². The lowest BCUT2D eigenvalue weighted by molar-refractivity contribution is -0.125. The van der Waals surface area contributed by atoms with Crippen LogP contribution in [0, 0.1) is 5.82 Å². The zero-order valence-corrected chi connectivity index (χ0v) is 18.7. The van der Waals surface area contributed by atoms with Crippen LogP contribution in [0.15, 0.2) is 72.9 Å². The number of hydrogen-bond donors (Lipinski definition) is 2. The van der Waals surface area contributed by atoms with E-state index in [4.69, 9.17) is 4.74 Å². The van der Waals surface area contributed by atoms with Crippen molar-refractivity contribution in [3.8, 4) is 5.75 Å². The largest absolute Gasteiger partial charge is 0.497 e. The second kappa shape index (κ2) is 12.1. The zero-order chi connectivity index (χ0) is 24.3. The number of pyridine rings is 1. The zero-order valence-electron chi connectivity index (χ0n) is 18.7. The quantitative estimate of drug-likeness (QED) is 0.480. The number of hydrogen-bond acceptors (Lipinski definition) is 5. The summed E-state index contributed by atoms with van der Waals surface area (Å²) in [6.45, 7) is -0.160. The molecule has 0 bridgehead atoms. The summed E-state index contributed by atoms with van der Waals surface area (Å²) in [5.74, 6) is -1.02. The van der Waals surface area contributed by atoms with Crippen LogP contribution in [0.5, 0.6) is 5.75 Å². The molecule has 0 unspecified atom stereocenters. The van der Waals surface area contributed by atoms with E-state index in [-0.39, 0.29) is 25.1 Å². The molecule has 0 spiro atoms. The monoisotopic (exact) mass is 464 g/mol. The average Bonchev–Trinajstić information content (AvgIpc) is 2.86. The summed E-state index contributed by atoms with van der Waals surface area (Å²) in [7, 11) is 1.56. The molecule has 0 fully saturated rings. The lowest BCUT2D eigenvalue weighted by Gasteiger charge is -2.23. The summed E-state index contributed by atoms with van der Waals surface area (Å²) in [5, 5.41) is 5.32. The number of benzene rings is 2. The topological polar surface area (TPSA) is 101 Å². The maximum atomic E-state index is 14.4. The molecular weight excluding hydrogens is 439 g/mol. The molecule has 34 heavy (non-hydrogen) atoms. The molecular formula is C25H25FN4O4. The van der Waals surface area contributed by atoms with Gasteiger partial charge in [-0.1, -0.05) is 30.3 Å². The van der Waals surface area contributed by atoms with E-state index in [2.05, 4.69) is 15.6 Å². The fraction of sp³-hybridized carbons (Fsp3) is 0.200. The standard InChI is InChI=1S/C25H25FN4O4/c1-34-19-11-9-18(10-12-19)16-28-24(32)17-30(21-7-3-2-6-20(21)26)25(33)14-13-23(31)29-22-8-4-5-15-27-22/h2-12,15H,13-14,16-17H2,1H3,(H,28,32)(H,27,29,31). The number of carbonyl (C=O) groups excluding carboxylic acids is 3. The summed E-state index contributed by atoms with van der Waals surface area (Å²) >= 11 is 0. The Morgan fingerprint density at radius 2 is 1.68 bits per heavy atom. The Bertz CT molecular complexity index is 1120. The van der Waals surface area contributed by atoms with Crippen LogP contribution in [-0.4, -0.2) is 36.4 Å². The van der Waals surface area contributed by atoms with Gasteiger partial charge >= 0.3 is 0 Å². The smallest absolute Gasteiger partial charge is 0.240 e. The van der Waals surface area contributed by atoms with Crippen LogP contribution in [0.3, 0.4) is 0 Å². The molecule has 0 atom stereocenters. The van der Waals surface area contributed by atoms with Crippen LogP contribution in [-0.2, 0) is 20.9 Å². The number of aromatic nitrogens is 1. The SMILES string of the molecule is COc1ccc(CNC(=O)CN(C(=O)CCC(=O)Nc2ccccn2)c2ccccc2F)cc1. The summed E-state index contributed by atoms with van der Waals surface area (Å²) in [4.78, 5) is 42.7. The number of halogens is 1. The van der Waals surface area contributed by atoms with Crippen molar-refractivity contribution < 1.29 is 23.5 Å². The number of methoxy groups -OCH3 is 1. The van der Waals surface area contributed by atoms with E-state index >= 15 is 0 Å². The van der Waals surface area contributed by atoms with E-state index in [9.17, 15) is 18.8 Å². The van der Waals surface area contributed by atoms with Gasteiger partial charge in [-0.15, -0.1) is 0 Å². The second-order valence-corrected chi connectivity index (χ2v) is 7.32. The second-order valence-electron chi connectivity index (χ2n) is 7.32. The van der Waals surface area contributed by atoms with Gasteiger partial charge in [0.25, 0.3) is 0 Å². The van der Waals surface area contributed by atoms with E-state index < -0.39 is 30.1 Å². The Morgan fingerprint density at radius 1 is 0.941 bits per heavy atom. The number of carbonyl (C=O) groups is 3. The van der Waals surface area contributed by atoms with Gasteiger partial charge in [0.05, 0.1) is 12.8 Å². The molecule has 2 aromatic carbocycles. The molecule has 176 valence electrons. The van der Waals surface area contributed by atoms with Crippen molar-refractivity contribution in [1.82, 2.24) is 10.3 Å². The number of anilines is 2. The van der Waals surface area contributed by atoms with Gasteiger partial charge in [-0.3, -0.25) is 14.4 Å². The summed E-state index contributed by atoms with van der Waals surface area (Å²) in [6, 6.07) is 17.9. The van der Waals surface area contributed by atoms with Crippen molar-refractivity contribution in [3.05, 3.63) is 84.3 Å². The van der Waals surface area contributed by atoms with Crippen molar-refractivity contribution in [3.63, 3.8) is 0 Å². The number of rotatable bonds is 10. The Kier molecular flexibility index (Phi) is 8.67. The Hall–Kier alpha value is -4.27. The normalized spacial score (nSPS) is 10.3. The van der Waals surface area contributed by atoms with E-state index in [1.54, 1.807) is 55.6 Å². The minimum absolute atomic E-state index is 0.0303. The molecule has 1 aromatic heterocycles. The molecule has 1 heterocycles. The molecule has 0 aliphatic heterocycles. The lowest BCUT2D eigenvalue weighted by Crippen LogP contribution is -2.41. The summed E-state index contributed by atoms with van der Waals surface area (Å²) < 4.78 is 19.5. The van der Waals surface area contributed by atoms with Gasteiger partial charge in [0.15, 0.2) is 0 Å². The van der Waals surface area contributed by atoms with Gasteiger partial charge in [0, 0.05) is 25.6 Å². The molecule has 9 heteroatoms. The summed E-state index contributed by atoms with van der Waals surface area (Å²) in [5.41, 5.74) is 0.807. The predicted octanol–water partition coefficient (Wildman–Crippen LogP) is 3.30. The number of ether oxygens (including phenoxy) is 1. The third-order valence-electron chi connectivity index (χ3n) is 4.89. The van der Waals surface area contributed by atoms with Crippen molar-refractivity contribution in [2.24, 2.45) is 0 Å². The third kappa shape index (κ3) is 7.13. The van der Waals surface area contributed by atoms with E-state index in [0.29, 0.717) is 11.6 Å². The lowest BCUT2D eigenvalue weighted by atomic mass is 10.2. The van der Waals surface area contributed by atoms with Crippen LogP contribution < -0.4 is 20.3 Å². The molecule has 8 nitrogen and oxygen atoms in total. The number of nitrogens with one attached hydrogen (secondary N) is 2. The maximum Gasteiger partial charge on any atom is 0.240 e. The minimum Gasteiger partial charge on any atom is -0.497 e. The first-order valence-corrected chi connectivity index (χ1v) is 10.6. The highest BCUT2D eigenvalue weighted by Crippen LogP contribution is 2.20. The summed E-state index contributed by atoms with van der Waals surface area (Å²) in [6.07, 6.45) is 1.18. The van der Waals surface area contributed by atoms with Crippen molar-refractivity contribution in [2.45, 2.75) is 19.4 Å². The predicted molar refractivity (Wildman–Crippen MR) is 126 cm³/mol. The molecule has 0 aliphatic carbocycles. The van der Waals surface area contributed by atoms with Crippen molar-refractivity contribution in [2.75, 3.05) is 23.9 Å². The molecule has 0 saturated heterocycles. The van der Waals surface area contributed by atoms with Gasteiger partial charge in [-0.25, -0.2) is 9.37 Å².